The summed E-state index contributed by atoms with van der Waals surface area (Å²) in [6, 6.07) is 0.191. The van der Waals surface area contributed by atoms with Crippen molar-refractivity contribution in [3.05, 3.63) is 12.2 Å². The van der Waals surface area contributed by atoms with E-state index in [4.69, 9.17) is 5.73 Å². The fourth-order valence-corrected chi connectivity index (χ4v) is 2.74. The molecule has 0 bridgehead atoms. The molecule has 0 radical (unpaired) electrons. The lowest BCUT2D eigenvalue weighted by Gasteiger charge is -2.25. The van der Waals surface area contributed by atoms with Gasteiger partial charge in [0.15, 0.2) is 0 Å². The number of nitrogens with zero attached hydrogens (tertiary/aromatic N) is 3. The molecule has 1 aromatic rings. The highest BCUT2D eigenvalue weighted by molar-refractivity contribution is 5.82. The Morgan fingerprint density at radius 2 is 2.32 bits per heavy atom. The Kier molecular flexibility index (Phi) is 4.69. The first-order chi connectivity index (χ1) is 9.06. The topological polar surface area (TPSA) is 73.8 Å². The molecular formula is C14H24N4O. The first kappa shape index (κ1) is 14.2. The quantitative estimate of drug-likeness (QED) is 0.876. The molecule has 0 saturated heterocycles. The predicted octanol–water partition coefficient (Wildman–Crippen LogP) is 1.56. The van der Waals surface area contributed by atoms with Crippen LogP contribution in [0.2, 0.25) is 0 Å². The summed E-state index contributed by atoms with van der Waals surface area (Å²) in [6.45, 7) is 5.08. The third kappa shape index (κ3) is 3.86. The van der Waals surface area contributed by atoms with Crippen molar-refractivity contribution in [2.75, 3.05) is 0 Å². The van der Waals surface area contributed by atoms with Crippen LogP contribution in [0.25, 0.3) is 0 Å². The summed E-state index contributed by atoms with van der Waals surface area (Å²) in [7, 11) is 0. The van der Waals surface area contributed by atoms with Crippen molar-refractivity contribution >= 4 is 5.78 Å². The maximum absolute atomic E-state index is 12.3. The van der Waals surface area contributed by atoms with Crippen LogP contribution < -0.4 is 5.73 Å². The van der Waals surface area contributed by atoms with Gasteiger partial charge in [0.05, 0.1) is 6.42 Å². The zero-order chi connectivity index (χ0) is 13.8. The summed E-state index contributed by atoms with van der Waals surface area (Å²) in [6.07, 6.45) is 5.85. The van der Waals surface area contributed by atoms with E-state index < -0.39 is 0 Å². The van der Waals surface area contributed by atoms with Gasteiger partial charge in [0.25, 0.3) is 0 Å². The average Bonchev–Trinajstić information content (AvgIpc) is 2.75. The number of nitrogens with two attached hydrogens (primary N) is 1. The highest BCUT2D eigenvalue weighted by Crippen LogP contribution is 2.24. The third-order valence-corrected chi connectivity index (χ3v) is 3.74. The van der Waals surface area contributed by atoms with Crippen LogP contribution in [-0.2, 0) is 17.8 Å². The molecule has 2 unspecified atom stereocenters. The van der Waals surface area contributed by atoms with E-state index in [2.05, 4.69) is 23.9 Å². The molecule has 1 aliphatic rings. The van der Waals surface area contributed by atoms with Crippen LogP contribution in [0.3, 0.4) is 0 Å². The number of carbonyl (C=O) groups excluding carboxylic acids is 1. The lowest BCUT2D eigenvalue weighted by atomic mass is 9.82. The van der Waals surface area contributed by atoms with Crippen LogP contribution >= 0.6 is 0 Å². The molecule has 106 valence electrons. The van der Waals surface area contributed by atoms with Gasteiger partial charge in [-0.3, -0.25) is 4.79 Å². The third-order valence-electron chi connectivity index (χ3n) is 3.74. The van der Waals surface area contributed by atoms with Crippen LogP contribution in [0, 0.1) is 11.8 Å². The molecule has 1 aromatic heterocycles. The predicted molar refractivity (Wildman–Crippen MR) is 73.5 cm³/mol. The van der Waals surface area contributed by atoms with E-state index >= 15 is 0 Å². The molecule has 5 heteroatoms. The van der Waals surface area contributed by atoms with Crippen LogP contribution in [-0.4, -0.2) is 26.6 Å². The summed E-state index contributed by atoms with van der Waals surface area (Å²) >= 11 is 0. The minimum absolute atomic E-state index is 0.118. The minimum atomic E-state index is 0.118. The summed E-state index contributed by atoms with van der Waals surface area (Å²) in [4.78, 5) is 16.5. The Hall–Kier alpha value is -1.23. The fourth-order valence-electron chi connectivity index (χ4n) is 2.74. The van der Waals surface area contributed by atoms with E-state index in [0.717, 1.165) is 38.1 Å². The SMILES string of the molecule is CC(C)Cn1ncnc1CC(=O)C1CCCC(N)C1. The normalized spacial score (nSPS) is 23.8. The number of ketones is 1. The molecule has 2 rings (SSSR count). The second kappa shape index (κ2) is 6.28. The molecule has 1 heterocycles. The van der Waals surface area contributed by atoms with Gasteiger partial charge in [0.1, 0.15) is 17.9 Å². The Morgan fingerprint density at radius 1 is 1.53 bits per heavy atom. The van der Waals surface area contributed by atoms with Gasteiger partial charge in [-0.2, -0.15) is 5.10 Å². The van der Waals surface area contributed by atoms with Crippen LogP contribution in [0.1, 0.15) is 45.4 Å². The number of hydrogen-bond acceptors (Lipinski definition) is 4. The van der Waals surface area contributed by atoms with E-state index in [-0.39, 0.29) is 17.7 Å². The molecule has 2 atom stereocenters. The van der Waals surface area contributed by atoms with Crippen LogP contribution in [0.5, 0.6) is 0 Å². The van der Waals surface area contributed by atoms with Gasteiger partial charge in [0, 0.05) is 18.5 Å². The van der Waals surface area contributed by atoms with Gasteiger partial charge in [0.2, 0.25) is 0 Å². The Balaban J connectivity index is 1.96. The van der Waals surface area contributed by atoms with Crippen molar-refractivity contribution in [2.24, 2.45) is 17.6 Å². The molecule has 0 amide bonds. The first-order valence-corrected chi connectivity index (χ1v) is 7.21. The Morgan fingerprint density at radius 3 is 3.00 bits per heavy atom. The van der Waals surface area contributed by atoms with Crippen LogP contribution in [0.4, 0.5) is 0 Å². The van der Waals surface area contributed by atoms with Crippen molar-refractivity contribution in [2.45, 2.75) is 58.5 Å². The van der Waals surface area contributed by atoms with Crippen molar-refractivity contribution in [3.8, 4) is 0 Å². The van der Waals surface area contributed by atoms with Crippen molar-refractivity contribution in [1.82, 2.24) is 14.8 Å². The van der Waals surface area contributed by atoms with Crippen molar-refractivity contribution in [1.29, 1.82) is 0 Å². The highest BCUT2D eigenvalue weighted by atomic mass is 16.1. The van der Waals surface area contributed by atoms with Gasteiger partial charge < -0.3 is 5.73 Å². The molecule has 0 aliphatic heterocycles. The number of Topliss-reactive ketones (excluding diaryl/α,β-unsaturated/α-hetero) is 1. The lowest BCUT2D eigenvalue weighted by molar-refractivity contribution is -0.123. The van der Waals surface area contributed by atoms with E-state index in [1.54, 1.807) is 0 Å². The standard InChI is InChI=1S/C14H24N4O/c1-10(2)8-18-14(16-9-17-18)7-13(19)11-4-3-5-12(15)6-11/h9-12H,3-8,15H2,1-2H3. The van der Waals surface area contributed by atoms with Gasteiger partial charge in [-0.25, -0.2) is 9.67 Å². The summed E-state index contributed by atoms with van der Waals surface area (Å²) in [5, 5.41) is 4.20. The molecule has 19 heavy (non-hydrogen) atoms. The Bertz CT molecular complexity index is 427. The molecule has 0 spiro atoms. The fraction of sp³-hybridized carbons (Fsp3) is 0.786. The minimum Gasteiger partial charge on any atom is -0.328 e. The van der Waals surface area contributed by atoms with E-state index in [1.165, 1.54) is 6.33 Å². The number of hydrogen-bond donors (Lipinski definition) is 1. The molecule has 1 aliphatic carbocycles. The van der Waals surface area contributed by atoms with Crippen molar-refractivity contribution < 1.29 is 4.79 Å². The monoisotopic (exact) mass is 264 g/mol. The number of carbonyl (C=O) groups is 1. The lowest BCUT2D eigenvalue weighted by Crippen LogP contribution is -2.32. The first-order valence-electron chi connectivity index (χ1n) is 7.21. The van der Waals surface area contributed by atoms with Crippen molar-refractivity contribution in [3.63, 3.8) is 0 Å². The average molecular weight is 264 g/mol. The number of rotatable bonds is 5. The van der Waals surface area contributed by atoms with Gasteiger partial charge >= 0.3 is 0 Å². The summed E-state index contributed by atoms with van der Waals surface area (Å²) in [5.74, 6) is 1.68. The second-order valence-electron chi connectivity index (χ2n) is 6.02. The maximum atomic E-state index is 12.3. The Labute approximate surface area is 114 Å². The maximum Gasteiger partial charge on any atom is 0.143 e. The van der Waals surface area contributed by atoms with Crippen LogP contribution in [0.15, 0.2) is 6.33 Å². The zero-order valence-electron chi connectivity index (χ0n) is 11.9. The largest absolute Gasteiger partial charge is 0.328 e. The zero-order valence-corrected chi connectivity index (χ0v) is 11.9. The summed E-state index contributed by atoms with van der Waals surface area (Å²) in [5.41, 5.74) is 5.95. The van der Waals surface area contributed by atoms with E-state index in [1.807, 2.05) is 4.68 Å². The molecule has 1 fully saturated rings. The second-order valence-corrected chi connectivity index (χ2v) is 6.02. The van der Waals surface area contributed by atoms with Gasteiger partial charge in [-0.05, 0) is 25.2 Å². The smallest absolute Gasteiger partial charge is 0.143 e. The molecule has 1 saturated carbocycles. The molecular weight excluding hydrogens is 240 g/mol. The summed E-state index contributed by atoms with van der Waals surface area (Å²) < 4.78 is 1.85. The van der Waals surface area contributed by atoms with E-state index in [9.17, 15) is 4.79 Å². The molecule has 5 nitrogen and oxygen atoms in total. The van der Waals surface area contributed by atoms with E-state index in [0.29, 0.717) is 12.3 Å². The highest BCUT2D eigenvalue weighted by Gasteiger charge is 2.26. The molecule has 0 aromatic carbocycles. The van der Waals surface area contributed by atoms with Gasteiger partial charge in [-0.1, -0.05) is 20.3 Å². The molecule has 2 N–H and O–H groups in total. The van der Waals surface area contributed by atoms with Gasteiger partial charge in [-0.15, -0.1) is 0 Å². The number of aromatic nitrogens is 3.